The third kappa shape index (κ3) is 4.59. The summed E-state index contributed by atoms with van der Waals surface area (Å²) in [4.78, 5) is 14.2. The van der Waals surface area contributed by atoms with Crippen LogP contribution in [0, 0.1) is 5.92 Å². The van der Waals surface area contributed by atoms with Crippen molar-refractivity contribution in [2.45, 2.75) is 68.7 Å². The fraction of sp³-hybridized carbons (Fsp3) is 0.933. The van der Waals surface area contributed by atoms with Crippen LogP contribution >= 0.6 is 12.4 Å². The number of carbonyl (C=O) groups excluding carboxylic acids is 1. The van der Waals surface area contributed by atoms with Crippen molar-refractivity contribution in [3.05, 3.63) is 0 Å². The number of halogens is 1. The largest absolute Gasteiger partial charge is 0.341 e. The van der Waals surface area contributed by atoms with Gasteiger partial charge in [-0.3, -0.25) is 4.79 Å². The second-order valence-corrected chi connectivity index (χ2v) is 9.05. The van der Waals surface area contributed by atoms with Crippen LogP contribution in [-0.4, -0.2) is 49.9 Å². The first-order chi connectivity index (χ1) is 9.80. The SMILES string of the molecule is CN(C(=O)C[C@@H]1CCC[C@H]1N)C1CCCCC1S(C)(=O)=O.Cl. The van der Waals surface area contributed by atoms with E-state index in [2.05, 4.69) is 0 Å². The molecule has 0 aromatic carbocycles. The third-order valence-electron chi connectivity index (χ3n) is 5.26. The molecule has 2 saturated carbocycles. The molecule has 2 aliphatic rings. The maximum Gasteiger partial charge on any atom is 0.222 e. The Balaban J connectivity index is 0.00000242. The molecule has 0 aromatic rings. The summed E-state index contributed by atoms with van der Waals surface area (Å²) in [6.45, 7) is 0. The van der Waals surface area contributed by atoms with Gasteiger partial charge in [-0.05, 0) is 31.6 Å². The molecule has 2 aliphatic carbocycles. The van der Waals surface area contributed by atoms with Crippen LogP contribution in [-0.2, 0) is 14.6 Å². The molecule has 0 aromatic heterocycles. The smallest absolute Gasteiger partial charge is 0.222 e. The third-order valence-corrected chi connectivity index (χ3v) is 6.91. The van der Waals surface area contributed by atoms with Crippen molar-refractivity contribution < 1.29 is 13.2 Å². The Bertz CT molecular complexity index is 483. The second-order valence-electron chi connectivity index (χ2n) is 6.78. The van der Waals surface area contributed by atoms with Crippen molar-refractivity contribution in [1.29, 1.82) is 0 Å². The predicted octanol–water partition coefficient (Wildman–Crippen LogP) is 1.74. The zero-order valence-electron chi connectivity index (χ0n) is 13.5. The summed E-state index contributed by atoms with van der Waals surface area (Å²) in [5, 5.41) is -0.405. The minimum absolute atomic E-state index is 0. The standard InChI is InChI=1S/C15H28N2O3S.ClH/c1-17(15(18)10-11-6-5-7-12(11)16)13-8-3-4-9-14(13)21(2,19)20;/h11-14H,3-10,16H2,1-2H3;1H/t11-,12+,13?,14?;/m0./s1. The minimum atomic E-state index is -3.11. The van der Waals surface area contributed by atoms with Crippen molar-refractivity contribution in [2.24, 2.45) is 11.7 Å². The Kier molecular flexibility index (Phi) is 7.15. The Morgan fingerprint density at radius 3 is 2.32 bits per heavy atom. The average Bonchev–Trinajstić information content (AvgIpc) is 2.82. The van der Waals surface area contributed by atoms with Crippen molar-refractivity contribution in [3.63, 3.8) is 0 Å². The molecular weight excluding hydrogens is 324 g/mol. The lowest BCUT2D eigenvalue weighted by molar-refractivity contribution is -0.133. The maximum absolute atomic E-state index is 12.5. The van der Waals surface area contributed by atoms with Crippen LogP contribution in [0.1, 0.15) is 51.4 Å². The summed E-state index contributed by atoms with van der Waals surface area (Å²) < 4.78 is 23.9. The van der Waals surface area contributed by atoms with Gasteiger partial charge in [0.1, 0.15) is 0 Å². The number of carbonyl (C=O) groups is 1. The van der Waals surface area contributed by atoms with E-state index in [1.807, 2.05) is 0 Å². The van der Waals surface area contributed by atoms with Gasteiger partial charge in [0.15, 0.2) is 9.84 Å². The monoisotopic (exact) mass is 352 g/mol. The Labute approximate surface area is 140 Å². The molecule has 0 radical (unpaired) electrons. The summed E-state index contributed by atoms with van der Waals surface area (Å²) in [6, 6.07) is -0.0433. The summed E-state index contributed by atoms with van der Waals surface area (Å²) >= 11 is 0. The van der Waals surface area contributed by atoms with E-state index in [0.717, 1.165) is 38.5 Å². The average molecular weight is 353 g/mol. The van der Waals surface area contributed by atoms with E-state index >= 15 is 0 Å². The molecule has 22 heavy (non-hydrogen) atoms. The second kappa shape index (κ2) is 7.97. The molecule has 5 nitrogen and oxygen atoms in total. The Morgan fingerprint density at radius 2 is 1.77 bits per heavy atom. The highest BCUT2D eigenvalue weighted by molar-refractivity contribution is 7.91. The van der Waals surface area contributed by atoms with Gasteiger partial charge in [0, 0.05) is 31.8 Å². The lowest BCUT2D eigenvalue weighted by atomic mass is 9.92. The number of nitrogens with two attached hydrogens (primary N) is 1. The zero-order valence-corrected chi connectivity index (χ0v) is 15.2. The number of rotatable bonds is 4. The molecule has 2 N–H and O–H groups in total. The number of hydrogen-bond donors (Lipinski definition) is 1. The van der Waals surface area contributed by atoms with Gasteiger partial charge in [-0.1, -0.05) is 19.3 Å². The highest BCUT2D eigenvalue weighted by Gasteiger charge is 2.37. The number of sulfone groups is 1. The lowest BCUT2D eigenvalue weighted by Gasteiger charge is -2.37. The van der Waals surface area contributed by atoms with E-state index in [4.69, 9.17) is 5.73 Å². The number of nitrogens with zero attached hydrogens (tertiary/aromatic N) is 1. The highest BCUT2D eigenvalue weighted by Crippen LogP contribution is 2.30. The predicted molar refractivity (Wildman–Crippen MR) is 90.8 cm³/mol. The normalized spacial score (nSPS) is 32.3. The number of amides is 1. The maximum atomic E-state index is 12.5. The molecule has 0 spiro atoms. The van der Waals surface area contributed by atoms with Crippen molar-refractivity contribution in [1.82, 2.24) is 4.90 Å². The molecule has 2 unspecified atom stereocenters. The summed E-state index contributed by atoms with van der Waals surface area (Å²) in [6.07, 6.45) is 8.25. The molecule has 4 atom stereocenters. The van der Waals surface area contributed by atoms with Gasteiger partial charge in [-0.2, -0.15) is 0 Å². The molecule has 0 heterocycles. The van der Waals surface area contributed by atoms with Crippen molar-refractivity contribution in [3.8, 4) is 0 Å². The fourth-order valence-corrected chi connectivity index (χ4v) is 5.38. The molecule has 2 fully saturated rings. The van der Waals surface area contributed by atoms with E-state index in [1.54, 1.807) is 11.9 Å². The van der Waals surface area contributed by atoms with Crippen LogP contribution in [0.4, 0.5) is 0 Å². The molecule has 0 saturated heterocycles. The van der Waals surface area contributed by atoms with Crippen LogP contribution in [0.3, 0.4) is 0 Å². The van der Waals surface area contributed by atoms with E-state index in [9.17, 15) is 13.2 Å². The van der Waals surface area contributed by atoms with Crippen LogP contribution in [0.25, 0.3) is 0 Å². The molecule has 0 aliphatic heterocycles. The lowest BCUT2D eigenvalue weighted by Crippen LogP contribution is -2.49. The Hall–Kier alpha value is -0.330. The first kappa shape index (κ1) is 19.7. The first-order valence-corrected chi connectivity index (χ1v) is 9.96. The van der Waals surface area contributed by atoms with Crippen LogP contribution in [0.5, 0.6) is 0 Å². The van der Waals surface area contributed by atoms with Gasteiger partial charge in [0.05, 0.1) is 5.25 Å². The van der Waals surface area contributed by atoms with Gasteiger partial charge in [-0.25, -0.2) is 8.42 Å². The van der Waals surface area contributed by atoms with Crippen LogP contribution < -0.4 is 5.73 Å². The van der Waals surface area contributed by atoms with Gasteiger partial charge < -0.3 is 10.6 Å². The molecule has 0 bridgehead atoms. The van der Waals surface area contributed by atoms with E-state index in [-0.39, 0.29) is 36.3 Å². The van der Waals surface area contributed by atoms with E-state index in [1.165, 1.54) is 6.26 Å². The molecular formula is C15H29ClN2O3S. The first-order valence-electron chi connectivity index (χ1n) is 8.01. The van der Waals surface area contributed by atoms with Gasteiger partial charge in [0.2, 0.25) is 5.91 Å². The fourth-order valence-electron chi connectivity index (χ4n) is 3.89. The topological polar surface area (TPSA) is 80.5 Å². The van der Waals surface area contributed by atoms with Crippen LogP contribution in [0.15, 0.2) is 0 Å². The molecule has 2 rings (SSSR count). The zero-order chi connectivity index (χ0) is 15.6. The summed E-state index contributed by atoms with van der Waals surface area (Å²) in [7, 11) is -1.35. The van der Waals surface area contributed by atoms with Gasteiger partial charge in [0.25, 0.3) is 0 Å². The highest BCUT2D eigenvalue weighted by atomic mass is 35.5. The summed E-state index contributed by atoms with van der Waals surface area (Å²) in [5.41, 5.74) is 6.04. The molecule has 7 heteroatoms. The van der Waals surface area contributed by atoms with Gasteiger partial charge in [-0.15, -0.1) is 12.4 Å². The Morgan fingerprint density at radius 1 is 1.14 bits per heavy atom. The van der Waals surface area contributed by atoms with Crippen LogP contribution in [0.2, 0.25) is 0 Å². The van der Waals surface area contributed by atoms with Gasteiger partial charge >= 0.3 is 0 Å². The molecule has 1 amide bonds. The van der Waals surface area contributed by atoms with E-state index in [0.29, 0.717) is 12.8 Å². The summed E-state index contributed by atoms with van der Waals surface area (Å²) in [5.74, 6) is 0.318. The minimum Gasteiger partial charge on any atom is -0.341 e. The van der Waals surface area contributed by atoms with E-state index < -0.39 is 15.1 Å². The van der Waals surface area contributed by atoms with Crippen molar-refractivity contribution >= 4 is 28.2 Å². The molecule has 130 valence electrons. The number of hydrogen-bond acceptors (Lipinski definition) is 4. The quantitative estimate of drug-likeness (QED) is 0.835. The van der Waals surface area contributed by atoms with Crippen molar-refractivity contribution in [2.75, 3.05) is 13.3 Å².